The molecule has 0 saturated heterocycles. The highest BCUT2D eigenvalue weighted by Crippen LogP contribution is 2.28. The van der Waals surface area contributed by atoms with Gasteiger partial charge >= 0.3 is 0 Å². The van der Waals surface area contributed by atoms with Crippen LogP contribution < -0.4 is 19.5 Å². The zero-order valence-corrected chi connectivity index (χ0v) is 16.1. The highest BCUT2D eigenvalue weighted by Gasteiger charge is 2.17. The number of amides is 1. The number of hydrogen-bond acceptors (Lipinski definition) is 4. The Kier molecular flexibility index (Phi) is 6.50. The third-order valence-electron chi connectivity index (χ3n) is 4.03. The van der Waals surface area contributed by atoms with Crippen LogP contribution in [0.4, 0.5) is 0 Å². The van der Waals surface area contributed by atoms with E-state index in [1.165, 1.54) is 19.8 Å². The zero-order valence-electron chi connectivity index (χ0n) is 16.1. The molecule has 2 rings (SSSR count). The van der Waals surface area contributed by atoms with E-state index in [4.69, 9.17) is 14.2 Å². The van der Waals surface area contributed by atoms with Gasteiger partial charge in [-0.05, 0) is 35.2 Å². The number of ether oxygens (including phenoxy) is 3. The Balaban J connectivity index is 1.90. The first-order valence-corrected chi connectivity index (χ1v) is 8.59. The molecule has 0 unspecified atom stereocenters. The van der Waals surface area contributed by atoms with Gasteiger partial charge in [0.05, 0.1) is 20.8 Å². The largest absolute Gasteiger partial charge is 0.496 e. The molecule has 140 valence electrons. The maximum atomic E-state index is 12.4. The van der Waals surface area contributed by atoms with Crippen molar-refractivity contribution in [2.24, 2.45) is 0 Å². The molecule has 1 amide bonds. The summed E-state index contributed by atoms with van der Waals surface area (Å²) in [5.74, 6) is 1.47. The smallest absolute Gasteiger partial charge is 0.258 e. The fourth-order valence-corrected chi connectivity index (χ4v) is 2.55. The molecule has 2 aromatic carbocycles. The number of carbonyl (C=O) groups excluding carboxylic acids is 1. The van der Waals surface area contributed by atoms with Crippen LogP contribution in [-0.4, -0.2) is 33.3 Å². The lowest BCUT2D eigenvalue weighted by Gasteiger charge is -2.19. The minimum absolute atomic E-state index is 0.111. The van der Waals surface area contributed by atoms with Gasteiger partial charge < -0.3 is 19.5 Å². The van der Waals surface area contributed by atoms with Crippen LogP contribution in [0.1, 0.15) is 36.7 Å². The third-order valence-corrected chi connectivity index (χ3v) is 4.03. The van der Waals surface area contributed by atoms with Crippen molar-refractivity contribution < 1.29 is 19.0 Å². The van der Waals surface area contributed by atoms with Crippen LogP contribution >= 0.6 is 0 Å². The second-order valence-electron chi connectivity index (χ2n) is 6.92. The van der Waals surface area contributed by atoms with Crippen LogP contribution in [0.2, 0.25) is 0 Å². The summed E-state index contributed by atoms with van der Waals surface area (Å²) in [5, 5.41) is 2.83. The zero-order chi connectivity index (χ0) is 19.2. The average molecular weight is 357 g/mol. The van der Waals surface area contributed by atoms with Gasteiger partial charge in [0.25, 0.3) is 5.91 Å². The summed E-state index contributed by atoms with van der Waals surface area (Å²) < 4.78 is 16.2. The Morgan fingerprint density at radius 1 is 0.962 bits per heavy atom. The lowest BCUT2D eigenvalue weighted by Crippen LogP contribution is -2.28. The Hall–Kier alpha value is -2.69. The third kappa shape index (κ3) is 4.91. The summed E-state index contributed by atoms with van der Waals surface area (Å²) >= 11 is 0. The van der Waals surface area contributed by atoms with Crippen LogP contribution in [0, 0.1) is 0 Å². The standard InChI is InChI=1S/C21H27NO4/c1-21(2,3)15-9-11-16(12-10-15)26-14-13-22-20(23)19-17(24-4)7-6-8-18(19)25-5/h6-12H,13-14H2,1-5H3,(H,22,23). The van der Waals surface area contributed by atoms with E-state index < -0.39 is 0 Å². The van der Waals surface area contributed by atoms with Crippen molar-refractivity contribution in [1.29, 1.82) is 0 Å². The molecule has 0 fully saturated rings. The molecule has 26 heavy (non-hydrogen) atoms. The molecule has 0 aliphatic carbocycles. The minimum Gasteiger partial charge on any atom is -0.496 e. The Morgan fingerprint density at radius 3 is 2.04 bits per heavy atom. The highest BCUT2D eigenvalue weighted by molar-refractivity contribution is 5.99. The van der Waals surface area contributed by atoms with Crippen LogP contribution in [0.15, 0.2) is 42.5 Å². The van der Waals surface area contributed by atoms with E-state index in [2.05, 4.69) is 38.2 Å². The summed E-state index contributed by atoms with van der Waals surface area (Å²) in [6.45, 7) is 7.26. The molecule has 0 aliphatic heterocycles. The molecule has 0 radical (unpaired) electrons. The fourth-order valence-electron chi connectivity index (χ4n) is 2.55. The highest BCUT2D eigenvalue weighted by atomic mass is 16.5. The predicted octanol–water partition coefficient (Wildman–Crippen LogP) is 3.81. The predicted molar refractivity (Wildman–Crippen MR) is 103 cm³/mol. The van der Waals surface area contributed by atoms with Gasteiger partial charge in [-0.15, -0.1) is 0 Å². The molecule has 0 spiro atoms. The molecule has 5 heteroatoms. The molecule has 5 nitrogen and oxygen atoms in total. The van der Waals surface area contributed by atoms with Gasteiger partial charge in [-0.25, -0.2) is 0 Å². The van der Waals surface area contributed by atoms with Crippen LogP contribution in [-0.2, 0) is 5.41 Å². The van der Waals surface area contributed by atoms with Crippen molar-refractivity contribution in [3.05, 3.63) is 53.6 Å². The van der Waals surface area contributed by atoms with Gasteiger partial charge in [-0.2, -0.15) is 0 Å². The van der Waals surface area contributed by atoms with Gasteiger partial charge in [0.2, 0.25) is 0 Å². The number of carbonyl (C=O) groups is 1. The second-order valence-corrected chi connectivity index (χ2v) is 6.92. The molecule has 2 aromatic rings. The van der Waals surface area contributed by atoms with Crippen molar-refractivity contribution in [2.75, 3.05) is 27.4 Å². The lowest BCUT2D eigenvalue weighted by molar-refractivity contribution is 0.0940. The molecule has 1 N–H and O–H groups in total. The van der Waals surface area contributed by atoms with E-state index in [1.54, 1.807) is 18.2 Å². The van der Waals surface area contributed by atoms with Crippen LogP contribution in [0.3, 0.4) is 0 Å². The average Bonchev–Trinajstić information content (AvgIpc) is 2.63. The van der Waals surface area contributed by atoms with Crippen molar-refractivity contribution in [3.8, 4) is 17.2 Å². The number of hydrogen-bond donors (Lipinski definition) is 1. The van der Waals surface area contributed by atoms with Crippen molar-refractivity contribution in [2.45, 2.75) is 26.2 Å². The number of benzene rings is 2. The summed E-state index contributed by atoms with van der Waals surface area (Å²) in [6.07, 6.45) is 0. The van der Waals surface area contributed by atoms with E-state index in [1.807, 2.05) is 12.1 Å². The first-order valence-electron chi connectivity index (χ1n) is 8.59. The van der Waals surface area contributed by atoms with Gasteiger partial charge in [0.15, 0.2) is 0 Å². The molecule has 0 heterocycles. The van der Waals surface area contributed by atoms with Crippen LogP contribution in [0.25, 0.3) is 0 Å². The van der Waals surface area contributed by atoms with E-state index >= 15 is 0 Å². The summed E-state index contributed by atoms with van der Waals surface area (Å²) in [7, 11) is 3.05. The summed E-state index contributed by atoms with van der Waals surface area (Å²) in [4.78, 5) is 12.4. The van der Waals surface area contributed by atoms with E-state index in [9.17, 15) is 4.79 Å². The second kappa shape index (κ2) is 8.61. The topological polar surface area (TPSA) is 56.8 Å². The molecular formula is C21H27NO4. The monoisotopic (exact) mass is 357 g/mol. The number of rotatable bonds is 7. The maximum absolute atomic E-state index is 12.4. The van der Waals surface area contributed by atoms with E-state index in [0.717, 1.165) is 5.75 Å². The molecule has 0 atom stereocenters. The molecule has 0 saturated carbocycles. The fraction of sp³-hybridized carbons (Fsp3) is 0.381. The quantitative estimate of drug-likeness (QED) is 0.766. The van der Waals surface area contributed by atoms with Gasteiger partial charge in [0.1, 0.15) is 29.4 Å². The molecule has 0 aliphatic rings. The number of nitrogens with one attached hydrogen (secondary N) is 1. The van der Waals surface area contributed by atoms with Crippen molar-refractivity contribution >= 4 is 5.91 Å². The molecule has 0 aromatic heterocycles. The van der Waals surface area contributed by atoms with Gasteiger partial charge in [-0.3, -0.25) is 4.79 Å². The first kappa shape index (κ1) is 19.6. The summed E-state index contributed by atoms with van der Waals surface area (Å²) in [5.41, 5.74) is 1.74. The summed E-state index contributed by atoms with van der Waals surface area (Å²) in [6, 6.07) is 13.3. The van der Waals surface area contributed by atoms with Gasteiger partial charge in [0, 0.05) is 0 Å². The van der Waals surface area contributed by atoms with E-state index in [0.29, 0.717) is 30.2 Å². The maximum Gasteiger partial charge on any atom is 0.258 e. The minimum atomic E-state index is -0.258. The van der Waals surface area contributed by atoms with Crippen molar-refractivity contribution in [3.63, 3.8) is 0 Å². The lowest BCUT2D eigenvalue weighted by atomic mass is 9.87. The SMILES string of the molecule is COc1cccc(OC)c1C(=O)NCCOc1ccc(C(C)(C)C)cc1. The molecule has 0 bridgehead atoms. The van der Waals surface area contributed by atoms with Crippen LogP contribution in [0.5, 0.6) is 17.2 Å². The Morgan fingerprint density at radius 2 is 1.54 bits per heavy atom. The number of methoxy groups -OCH3 is 2. The molecular weight excluding hydrogens is 330 g/mol. The van der Waals surface area contributed by atoms with Crippen molar-refractivity contribution in [1.82, 2.24) is 5.32 Å². The normalized spacial score (nSPS) is 11.0. The van der Waals surface area contributed by atoms with E-state index in [-0.39, 0.29) is 11.3 Å². The first-order chi connectivity index (χ1) is 12.4. The Labute approximate surface area is 155 Å². The van der Waals surface area contributed by atoms with Gasteiger partial charge in [-0.1, -0.05) is 39.0 Å². The Bertz CT molecular complexity index is 710.